The number of hydrogen-bond donors (Lipinski definition) is 8. The third kappa shape index (κ3) is 20.5. The summed E-state index contributed by atoms with van der Waals surface area (Å²) in [6, 6.07) is 1.94. The molecule has 4 aliphatic rings. The number of carboxylic acid groups (broad SMARTS) is 1. The molecule has 8 atom stereocenters. The normalized spacial score (nSPS) is 18.9. The van der Waals surface area contributed by atoms with Crippen molar-refractivity contribution in [3.63, 3.8) is 0 Å². The van der Waals surface area contributed by atoms with E-state index < -0.39 is 201 Å². The third-order valence-electron chi connectivity index (χ3n) is 19.9. The number of methoxy groups -OCH3 is 2. The number of aliphatic hydroxyl groups is 1. The number of aromatic nitrogens is 4. The van der Waals surface area contributed by atoms with Crippen LogP contribution in [0, 0.1) is 41.2 Å². The number of hydrogen-bond acceptors (Lipinski definition) is 20. The SMILES string of the molecule is COC(=O)N[C@H](C(=O)N[C@@H](Cc1ccc(C#Cc2cnc(N3CC4CCC(C3)N4C3COC3)nc2)cc1)[C@H](CN(Cc1c(F)cc(-c2ccn(C(F)F)n2)cc1F)NC(=O)[C@@H](NC(=O)OC)C(C)(C)C(F)(F)F)OC(=O)CC(C)(C)c1c(CC(=O)N2C[C@@H](O)C[C@H]2C(=O)O)cc(C)cc1OP(=O)(O)O)C(C)(C)C(F)(F)F. The first kappa shape index (κ1) is 85.3. The molecule has 0 spiro atoms. The minimum absolute atomic E-state index is 0.0713. The number of alkyl carbamates (subject to hydrolysis) is 2. The van der Waals surface area contributed by atoms with Gasteiger partial charge in [0.1, 0.15) is 41.6 Å². The van der Waals surface area contributed by atoms with Gasteiger partial charge in [-0.3, -0.25) is 39.3 Å². The Morgan fingerprint density at radius 1 is 0.766 bits per heavy atom. The second kappa shape index (κ2) is 34.1. The van der Waals surface area contributed by atoms with E-state index in [-0.39, 0.29) is 32.5 Å². The van der Waals surface area contributed by atoms with Crippen molar-refractivity contribution in [2.75, 3.05) is 58.5 Å². The molecule has 0 radical (unpaired) electrons. The highest BCUT2D eigenvalue weighted by Gasteiger charge is 2.58. The van der Waals surface area contributed by atoms with Gasteiger partial charge in [0.25, 0.3) is 5.91 Å². The number of nitrogens with one attached hydrogen (secondary N) is 4. The van der Waals surface area contributed by atoms with Crippen molar-refractivity contribution >= 4 is 55.6 Å². The Morgan fingerprint density at radius 2 is 1.33 bits per heavy atom. The van der Waals surface area contributed by atoms with Crippen molar-refractivity contribution in [2.45, 2.75) is 172 Å². The van der Waals surface area contributed by atoms with Crippen LogP contribution in [0.3, 0.4) is 0 Å². The van der Waals surface area contributed by atoms with Gasteiger partial charge in [-0.1, -0.05) is 43.9 Å². The van der Waals surface area contributed by atoms with E-state index in [4.69, 9.17) is 14.0 Å². The number of aliphatic hydroxyl groups excluding tert-OH is 1. The van der Waals surface area contributed by atoms with Gasteiger partial charge < -0.3 is 59.4 Å². The highest BCUT2D eigenvalue weighted by molar-refractivity contribution is 7.46. The quantitative estimate of drug-likeness (QED) is 0.00608. The fraction of sp³-hybridized carbons (Fsp3) is 0.521. The van der Waals surface area contributed by atoms with Crippen LogP contribution in [0.4, 0.5) is 59.4 Å². The Labute approximate surface area is 629 Å². The highest BCUT2D eigenvalue weighted by Crippen LogP contribution is 2.47. The van der Waals surface area contributed by atoms with Gasteiger partial charge in [-0.05, 0) is 107 Å². The molecule has 40 heteroatoms. The van der Waals surface area contributed by atoms with Crippen LogP contribution in [0.2, 0.25) is 0 Å². The number of aliphatic carboxylic acids is 1. The molecule has 0 aliphatic carbocycles. The second-order valence-corrected chi connectivity index (χ2v) is 30.4. The highest BCUT2D eigenvalue weighted by atomic mass is 31.2. The number of hydrazine groups is 1. The van der Waals surface area contributed by atoms with Crippen LogP contribution >= 0.6 is 7.82 Å². The molecule has 2 aromatic heterocycles. The van der Waals surface area contributed by atoms with Gasteiger partial charge in [0.05, 0.1) is 87.1 Å². The van der Waals surface area contributed by atoms with Crippen molar-refractivity contribution in [3.8, 4) is 28.8 Å². The molecule has 111 heavy (non-hydrogen) atoms. The number of alkyl halides is 8. The Bertz CT molecular complexity index is 4340. The molecule has 6 heterocycles. The summed E-state index contributed by atoms with van der Waals surface area (Å²) < 4.78 is 191. The van der Waals surface area contributed by atoms with Gasteiger partial charge in [0.15, 0.2) is 0 Å². The lowest BCUT2D eigenvalue weighted by Crippen LogP contribution is -2.64. The zero-order valence-corrected chi connectivity index (χ0v) is 62.2. The number of ether oxygens (including phenoxy) is 4. The molecule has 2 unspecified atom stereocenters. The second-order valence-electron chi connectivity index (χ2n) is 29.2. The molecule has 0 saturated carbocycles. The maximum atomic E-state index is 16.9. The number of halogens is 10. The summed E-state index contributed by atoms with van der Waals surface area (Å²) >= 11 is 0. The van der Waals surface area contributed by atoms with Crippen LogP contribution in [0.25, 0.3) is 11.3 Å². The van der Waals surface area contributed by atoms with Gasteiger partial charge in [-0.15, -0.1) is 0 Å². The van der Waals surface area contributed by atoms with Gasteiger partial charge in [0, 0.05) is 90.9 Å². The number of likely N-dealkylation sites (tertiary alicyclic amines) is 1. The Kier molecular flexibility index (Phi) is 26.2. The van der Waals surface area contributed by atoms with E-state index in [0.717, 1.165) is 50.3 Å². The van der Waals surface area contributed by atoms with Crippen LogP contribution in [0.5, 0.6) is 5.75 Å². The molecule has 4 saturated heterocycles. The minimum atomic E-state index is -5.63. The summed E-state index contributed by atoms with van der Waals surface area (Å²) in [7, 11) is -4.16. The maximum Gasteiger partial charge on any atom is 0.524 e. The molecular weight excluding hydrogens is 1510 g/mol. The predicted octanol–water partition coefficient (Wildman–Crippen LogP) is 7.30. The summed E-state index contributed by atoms with van der Waals surface area (Å²) in [4.78, 5) is 133. The number of rotatable bonds is 28. The van der Waals surface area contributed by atoms with Crippen LogP contribution in [0.15, 0.2) is 73.2 Å². The van der Waals surface area contributed by atoms with Crippen molar-refractivity contribution in [3.05, 3.63) is 124 Å². The first-order valence-electron chi connectivity index (χ1n) is 34.6. The van der Waals surface area contributed by atoms with E-state index in [1.807, 2.05) is 5.32 Å². The number of amides is 5. The van der Waals surface area contributed by atoms with Crippen molar-refractivity contribution in [1.82, 2.24) is 55.9 Å². The van der Waals surface area contributed by atoms with E-state index in [0.29, 0.717) is 101 Å². The standard InChI is InChI=1S/C71H83F10N12O17P/c1-37-20-42(25-55(95)91-32-46(94)26-52(91)62(99)100)57(53(21-37)110-111(103,104)105)67(2,3)27-56(96)109-54(34-90(88-61(98)59(86-66(102)107-9)69(6,7)71(79,80)81)33-47-48(72)23-41(24-49(47)73)50-18-19-92(87-50)63(74)75)51(84-60(97)58(85-65(101)106-8)68(4,5)70(76,77)78)22-39-13-10-38(11-14-39)12-15-40-28-82-64(83-29-40)89-30-43-16-17-44(31-89)93(43)45-35-108-36-45/h10-11,13-14,18-21,23-24,28-29,43-46,51-52,54,58-59,63,94H,16-17,22,25-27,30-36H2,1-9H3,(H,84,97)(H,85,101)(H,86,102)(H,88,98)(H,99,100)(H2,103,104,105)/t43?,44?,46-,51-,52-,54-,58+,59+/m0/s1. The number of aryl methyl sites for hydroxylation is 1. The number of esters is 1. The van der Waals surface area contributed by atoms with Crippen molar-refractivity contribution in [1.29, 1.82) is 0 Å². The Hall–Kier alpha value is -9.71. The van der Waals surface area contributed by atoms with E-state index >= 15 is 44.7 Å². The predicted molar refractivity (Wildman–Crippen MR) is 370 cm³/mol. The monoisotopic (exact) mass is 1600 g/mol. The molecule has 5 amide bonds. The Morgan fingerprint density at radius 3 is 1.85 bits per heavy atom. The summed E-state index contributed by atoms with van der Waals surface area (Å²) in [6.45, 7) is 2.10. The summed E-state index contributed by atoms with van der Waals surface area (Å²) in [5.74, 6) is -4.98. The van der Waals surface area contributed by atoms with E-state index in [1.165, 1.54) is 63.5 Å². The molecule has 8 N–H and O–H groups in total. The lowest BCUT2D eigenvalue weighted by atomic mass is 9.77. The number of β-amino-alcohol motifs (C(OH)–C–C–N with tert-alkyl or cyclic N) is 1. The number of fused-ring (bicyclic) bond motifs is 2. The number of carbonyl (C=O) groups is 7. The summed E-state index contributed by atoms with van der Waals surface area (Å²) in [6.07, 6.45) is -14.9. The number of benzene rings is 3. The number of carbonyl (C=O) groups excluding carboxylic acids is 6. The topological polar surface area (TPSA) is 368 Å². The van der Waals surface area contributed by atoms with Crippen LogP contribution in [-0.4, -0.2) is 217 Å². The number of phosphoric ester groups is 1. The van der Waals surface area contributed by atoms with E-state index in [1.54, 1.807) is 5.32 Å². The van der Waals surface area contributed by atoms with Crippen LogP contribution in [0.1, 0.15) is 113 Å². The number of nitrogens with zero attached hydrogens (tertiary/aromatic N) is 8. The third-order valence-corrected chi connectivity index (χ3v) is 20.4. The zero-order chi connectivity index (χ0) is 81.8. The first-order valence-corrected chi connectivity index (χ1v) is 36.1. The smallest absolute Gasteiger partial charge is 0.480 e. The fourth-order valence-corrected chi connectivity index (χ4v) is 14.2. The number of anilines is 1. The number of carboxylic acids is 1. The number of phosphoric acid groups is 1. The molecule has 9 rings (SSSR count). The molecular formula is C71H83F10N12O17P. The first-order chi connectivity index (χ1) is 51.8. The van der Waals surface area contributed by atoms with Crippen LogP contribution < -0.4 is 30.8 Å². The molecule has 4 fully saturated rings. The molecule has 604 valence electrons. The largest absolute Gasteiger partial charge is 0.524 e. The van der Waals surface area contributed by atoms with Crippen molar-refractivity contribution in [2.24, 2.45) is 10.8 Å². The fourth-order valence-electron chi connectivity index (χ4n) is 13.8. The lowest BCUT2D eigenvalue weighted by Gasteiger charge is -2.47. The molecule has 3 aromatic carbocycles. The molecule has 29 nitrogen and oxygen atoms in total. The van der Waals surface area contributed by atoms with Gasteiger partial charge in [-0.2, -0.15) is 40.2 Å². The van der Waals surface area contributed by atoms with Crippen molar-refractivity contribution < 1.29 is 126 Å². The van der Waals surface area contributed by atoms with Gasteiger partial charge in [-0.25, -0.2) is 47.4 Å². The molecule has 2 bridgehead atoms. The molecule has 5 aromatic rings. The van der Waals surface area contributed by atoms with Gasteiger partial charge >= 0.3 is 50.8 Å². The Balaban J connectivity index is 1.17. The lowest BCUT2D eigenvalue weighted by molar-refractivity contribution is -0.221. The minimum Gasteiger partial charge on any atom is -0.480 e. The number of piperazine rings is 1. The van der Waals surface area contributed by atoms with E-state index in [2.05, 4.69) is 56.9 Å². The van der Waals surface area contributed by atoms with Gasteiger partial charge in [0.2, 0.25) is 17.8 Å². The maximum absolute atomic E-state index is 16.9. The average molecular weight is 1600 g/mol. The summed E-state index contributed by atoms with van der Waals surface area (Å²) in [5, 5.41) is 30.5. The summed E-state index contributed by atoms with van der Waals surface area (Å²) in [5.41, 5.74) is -8.13. The van der Waals surface area contributed by atoms with Crippen LogP contribution in [-0.2, 0) is 72.3 Å². The average Bonchev–Trinajstić information content (AvgIpc) is 1.75. The molecule has 4 aliphatic heterocycles. The zero-order valence-electron chi connectivity index (χ0n) is 61.3. The van der Waals surface area contributed by atoms with E-state index in [9.17, 15) is 57.3 Å².